The number of nitrogens with zero attached hydrogens (tertiary/aromatic N) is 5. The maximum absolute atomic E-state index is 9.09. The smallest absolute Gasteiger partial charge is 0.137 e. The van der Waals surface area contributed by atoms with Crippen molar-refractivity contribution in [1.82, 2.24) is 14.8 Å². The van der Waals surface area contributed by atoms with E-state index in [9.17, 15) is 0 Å². The highest BCUT2D eigenvalue weighted by molar-refractivity contribution is 5.41. The molecule has 1 unspecified atom stereocenters. The first-order valence-corrected chi connectivity index (χ1v) is 6.66. The van der Waals surface area contributed by atoms with Gasteiger partial charge in [-0.15, -0.1) is 0 Å². The Morgan fingerprint density at radius 3 is 2.32 bits per heavy atom. The summed E-state index contributed by atoms with van der Waals surface area (Å²) in [6, 6.07) is 18.8. The van der Waals surface area contributed by atoms with Gasteiger partial charge in [-0.2, -0.15) is 15.6 Å². The minimum atomic E-state index is -0.191. The van der Waals surface area contributed by atoms with Crippen LogP contribution in [0.4, 0.5) is 0 Å². The van der Waals surface area contributed by atoms with Crippen molar-refractivity contribution in [2.45, 2.75) is 6.04 Å². The number of rotatable bonds is 3. The van der Waals surface area contributed by atoms with Crippen LogP contribution in [0, 0.1) is 22.7 Å². The molecule has 2 aromatic carbocycles. The Balaban J connectivity index is 2.11. The molecule has 1 atom stereocenters. The van der Waals surface area contributed by atoms with Crippen molar-refractivity contribution in [2.75, 3.05) is 0 Å². The molecule has 0 saturated heterocycles. The summed E-state index contributed by atoms with van der Waals surface area (Å²) < 4.78 is 1.73. The van der Waals surface area contributed by atoms with Crippen molar-refractivity contribution < 1.29 is 0 Å². The van der Waals surface area contributed by atoms with Crippen LogP contribution in [0.15, 0.2) is 61.2 Å². The summed E-state index contributed by atoms with van der Waals surface area (Å²) in [5, 5.41) is 22.2. The molecule has 0 bridgehead atoms. The van der Waals surface area contributed by atoms with Crippen LogP contribution in [0.3, 0.4) is 0 Å². The molecule has 104 valence electrons. The fourth-order valence-electron chi connectivity index (χ4n) is 2.37. The van der Waals surface area contributed by atoms with Gasteiger partial charge in [0.25, 0.3) is 0 Å². The zero-order valence-corrected chi connectivity index (χ0v) is 11.6. The number of nitriles is 2. The Bertz CT molecular complexity index is 851. The summed E-state index contributed by atoms with van der Waals surface area (Å²) in [5.41, 5.74) is 3.11. The predicted octanol–water partition coefficient (Wildman–Crippen LogP) is 2.66. The lowest BCUT2D eigenvalue weighted by Crippen LogP contribution is -2.13. The SMILES string of the molecule is N#Cc1ccc(C(c2cccc(C#N)c2)n2cncn2)cc1. The second-order valence-corrected chi connectivity index (χ2v) is 4.75. The minimum Gasteiger partial charge on any atom is -0.241 e. The third kappa shape index (κ3) is 2.56. The Labute approximate surface area is 127 Å². The highest BCUT2D eigenvalue weighted by Crippen LogP contribution is 2.26. The lowest BCUT2D eigenvalue weighted by Gasteiger charge is -2.18. The Morgan fingerprint density at radius 2 is 1.68 bits per heavy atom. The number of hydrogen-bond donors (Lipinski definition) is 0. The van der Waals surface area contributed by atoms with E-state index in [0.717, 1.165) is 11.1 Å². The summed E-state index contributed by atoms with van der Waals surface area (Å²) >= 11 is 0. The van der Waals surface area contributed by atoms with Crippen LogP contribution >= 0.6 is 0 Å². The molecule has 0 radical (unpaired) electrons. The van der Waals surface area contributed by atoms with Gasteiger partial charge < -0.3 is 0 Å². The third-order valence-corrected chi connectivity index (χ3v) is 3.39. The number of benzene rings is 2. The molecule has 1 heterocycles. The molecule has 5 heteroatoms. The average molecular weight is 285 g/mol. The third-order valence-electron chi connectivity index (χ3n) is 3.39. The van der Waals surface area contributed by atoms with Crippen LogP contribution in [-0.4, -0.2) is 14.8 Å². The van der Waals surface area contributed by atoms with Crippen LogP contribution < -0.4 is 0 Å². The topological polar surface area (TPSA) is 78.3 Å². The van der Waals surface area contributed by atoms with Gasteiger partial charge in [-0.05, 0) is 35.4 Å². The van der Waals surface area contributed by atoms with Gasteiger partial charge in [0.15, 0.2) is 0 Å². The van der Waals surface area contributed by atoms with Crippen LogP contribution in [-0.2, 0) is 0 Å². The molecule has 0 fully saturated rings. The Kier molecular flexibility index (Phi) is 3.63. The van der Waals surface area contributed by atoms with Gasteiger partial charge >= 0.3 is 0 Å². The van der Waals surface area contributed by atoms with Crippen molar-refractivity contribution in [2.24, 2.45) is 0 Å². The van der Waals surface area contributed by atoms with E-state index < -0.39 is 0 Å². The molecular formula is C17H11N5. The fourth-order valence-corrected chi connectivity index (χ4v) is 2.37. The lowest BCUT2D eigenvalue weighted by atomic mass is 9.97. The van der Waals surface area contributed by atoms with Crippen LogP contribution in [0.2, 0.25) is 0 Å². The zero-order chi connectivity index (χ0) is 15.4. The standard InChI is InChI=1S/C17H11N5/c18-9-13-4-6-15(7-5-13)17(22-12-20-11-21-22)16-3-1-2-14(8-16)10-19/h1-8,11-12,17H. The maximum atomic E-state index is 9.09. The molecule has 3 rings (SSSR count). The molecule has 22 heavy (non-hydrogen) atoms. The molecular weight excluding hydrogens is 274 g/mol. The van der Waals surface area contributed by atoms with E-state index in [2.05, 4.69) is 22.2 Å². The summed E-state index contributed by atoms with van der Waals surface area (Å²) in [6.07, 6.45) is 3.12. The maximum Gasteiger partial charge on any atom is 0.137 e. The molecule has 0 aliphatic heterocycles. The van der Waals surface area contributed by atoms with Gasteiger partial charge in [0.1, 0.15) is 18.7 Å². The molecule has 1 aromatic heterocycles. The molecule has 3 aromatic rings. The van der Waals surface area contributed by atoms with Gasteiger partial charge in [0, 0.05) is 0 Å². The van der Waals surface area contributed by atoms with Gasteiger partial charge in [-0.1, -0.05) is 24.3 Å². The van der Waals surface area contributed by atoms with E-state index in [1.165, 1.54) is 6.33 Å². The largest absolute Gasteiger partial charge is 0.241 e. The predicted molar refractivity (Wildman–Crippen MR) is 79.6 cm³/mol. The van der Waals surface area contributed by atoms with E-state index in [0.29, 0.717) is 11.1 Å². The first-order chi connectivity index (χ1) is 10.8. The van der Waals surface area contributed by atoms with E-state index in [1.54, 1.807) is 29.2 Å². The van der Waals surface area contributed by atoms with E-state index in [1.807, 2.05) is 30.3 Å². The molecule has 0 saturated carbocycles. The summed E-state index contributed by atoms with van der Waals surface area (Å²) in [5.74, 6) is 0. The normalized spacial score (nSPS) is 11.4. The van der Waals surface area contributed by atoms with Gasteiger partial charge in [0.2, 0.25) is 0 Å². The second-order valence-electron chi connectivity index (χ2n) is 4.75. The monoisotopic (exact) mass is 285 g/mol. The zero-order valence-electron chi connectivity index (χ0n) is 11.6. The van der Waals surface area contributed by atoms with Crippen molar-refractivity contribution in [3.63, 3.8) is 0 Å². The molecule has 0 spiro atoms. The first-order valence-electron chi connectivity index (χ1n) is 6.66. The van der Waals surface area contributed by atoms with Crippen molar-refractivity contribution in [1.29, 1.82) is 10.5 Å². The Morgan fingerprint density at radius 1 is 0.909 bits per heavy atom. The quantitative estimate of drug-likeness (QED) is 0.741. The molecule has 5 nitrogen and oxygen atoms in total. The second kappa shape index (κ2) is 5.90. The van der Waals surface area contributed by atoms with Crippen LogP contribution in [0.25, 0.3) is 0 Å². The number of hydrogen-bond acceptors (Lipinski definition) is 4. The Hall–Kier alpha value is -3.44. The fraction of sp³-hybridized carbons (Fsp3) is 0.0588. The molecule has 0 amide bonds. The van der Waals surface area contributed by atoms with Gasteiger partial charge in [0.05, 0.1) is 23.3 Å². The lowest BCUT2D eigenvalue weighted by molar-refractivity contribution is 0.593. The molecule has 0 aliphatic rings. The highest BCUT2D eigenvalue weighted by Gasteiger charge is 2.17. The average Bonchev–Trinajstić information content (AvgIpc) is 3.10. The highest BCUT2D eigenvalue weighted by atomic mass is 15.3. The first kappa shape index (κ1) is 13.5. The van der Waals surface area contributed by atoms with Crippen molar-refractivity contribution in [3.8, 4) is 12.1 Å². The van der Waals surface area contributed by atoms with Crippen molar-refractivity contribution >= 4 is 0 Å². The van der Waals surface area contributed by atoms with E-state index in [-0.39, 0.29) is 6.04 Å². The summed E-state index contributed by atoms with van der Waals surface area (Å²) in [4.78, 5) is 4.00. The van der Waals surface area contributed by atoms with Gasteiger partial charge in [-0.25, -0.2) is 9.67 Å². The van der Waals surface area contributed by atoms with Crippen molar-refractivity contribution in [3.05, 3.63) is 83.4 Å². The van der Waals surface area contributed by atoms with E-state index >= 15 is 0 Å². The number of aromatic nitrogens is 3. The van der Waals surface area contributed by atoms with E-state index in [4.69, 9.17) is 10.5 Å². The summed E-state index contributed by atoms with van der Waals surface area (Å²) in [7, 11) is 0. The minimum absolute atomic E-state index is 0.191. The summed E-state index contributed by atoms with van der Waals surface area (Å²) in [6.45, 7) is 0. The molecule has 0 N–H and O–H groups in total. The van der Waals surface area contributed by atoms with Crippen LogP contribution in [0.5, 0.6) is 0 Å². The van der Waals surface area contributed by atoms with Crippen LogP contribution in [0.1, 0.15) is 28.3 Å². The van der Waals surface area contributed by atoms with Gasteiger partial charge in [-0.3, -0.25) is 0 Å². The molecule has 0 aliphatic carbocycles.